The first kappa shape index (κ1) is 22.5. The third kappa shape index (κ3) is 4.18. The molecule has 1 aliphatic carbocycles. The second-order valence-corrected chi connectivity index (χ2v) is 8.03. The molecule has 0 aromatic heterocycles. The van der Waals surface area contributed by atoms with Crippen LogP contribution in [0, 0.1) is 0 Å². The van der Waals surface area contributed by atoms with Crippen molar-refractivity contribution in [2.45, 2.75) is 32.1 Å². The summed E-state index contributed by atoms with van der Waals surface area (Å²) in [7, 11) is 4.71. The molecule has 0 bridgehead atoms. The molecule has 1 unspecified atom stereocenters. The van der Waals surface area contributed by atoms with E-state index in [1.54, 1.807) is 39.5 Å². The summed E-state index contributed by atoms with van der Waals surface area (Å²) in [5.41, 5.74) is 3.98. The lowest BCUT2D eigenvalue weighted by molar-refractivity contribution is -0.116. The van der Waals surface area contributed by atoms with Crippen LogP contribution in [-0.2, 0) is 9.59 Å². The fourth-order valence-electron chi connectivity index (χ4n) is 4.59. The first-order valence-corrected chi connectivity index (χ1v) is 10.9. The van der Waals surface area contributed by atoms with E-state index in [4.69, 9.17) is 14.2 Å². The molecule has 33 heavy (non-hydrogen) atoms. The summed E-state index contributed by atoms with van der Waals surface area (Å²) in [5, 5.41) is 6.31. The summed E-state index contributed by atoms with van der Waals surface area (Å²) in [6.45, 7) is 1.86. The molecule has 1 heterocycles. The molecule has 1 aliphatic heterocycles. The molecule has 0 saturated heterocycles. The molecule has 0 radical (unpaired) electrons. The van der Waals surface area contributed by atoms with Crippen molar-refractivity contribution in [2.75, 3.05) is 26.6 Å². The maximum Gasteiger partial charge on any atom is 0.254 e. The summed E-state index contributed by atoms with van der Waals surface area (Å²) < 4.78 is 16.4. The Kier molecular flexibility index (Phi) is 6.40. The number of dihydropyridines is 1. The maximum absolute atomic E-state index is 13.7. The van der Waals surface area contributed by atoms with E-state index in [9.17, 15) is 9.59 Å². The lowest BCUT2D eigenvalue weighted by Gasteiger charge is -2.35. The second-order valence-electron chi connectivity index (χ2n) is 8.03. The van der Waals surface area contributed by atoms with Crippen LogP contribution in [0.15, 0.2) is 65.0 Å². The van der Waals surface area contributed by atoms with Crippen molar-refractivity contribution >= 4 is 17.4 Å². The molecule has 1 amide bonds. The highest BCUT2D eigenvalue weighted by molar-refractivity contribution is 6.10. The highest BCUT2D eigenvalue weighted by Crippen LogP contribution is 2.46. The number of carbonyl (C=O) groups is 2. The Morgan fingerprint density at radius 2 is 1.76 bits per heavy atom. The first-order valence-electron chi connectivity index (χ1n) is 10.9. The number of amides is 1. The zero-order chi connectivity index (χ0) is 23.5. The summed E-state index contributed by atoms with van der Waals surface area (Å²) in [6.07, 6.45) is 2.00. The number of anilines is 1. The predicted molar refractivity (Wildman–Crippen MR) is 126 cm³/mol. The number of benzene rings is 2. The van der Waals surface area contributed by atoms with Gasteiger partial charge in [-0.2, -0.15) is 0 Å². The standard InChI is InChI=1S/C26H28N2O5/c1-15-23(26(30)28-18-8-5-6-11-21(18)32-3)24(25-19(27-15)9-7-10-20(25)29)17-13-12-16(31-2)14-22(17)33-4/h5-6,8,11-14,24,27H,7,9-10H2,1-4H3,(H,28,30). The zero-order valence-corrected chi connectivity index (χ0v) is 19.3. The predicted octanol–water partition coefficient (Wildman–Crippen LogP) is 4.32. The number of hydrogen-bond donors (Lipinski definition) is 2. The number of nitrogens with one attached hydrogen (secondary N) is 2. The van der Waals surface area contributed by atoms with Gasteiger partial charge in [-0.1, -0.05) is 18.2 Å². The average molecular weight is 449 g/mol. The summed E-state index contributed by atoms with van der Waals surface area (Å²) >= 11 is 0. The summed E-state index contributed by atoms with van der Waals surface area (Å²) in [4.78, 5) is 26.8. The maximum atomic E-state index is 13.7. The minimum absolute atomic E-state index is 0.0433. The van der Waals surface area contributed by atoms with E-state index in [2.05, 4.69) is 10.6 Å². The van der Waals surface area contributed by atoms with Crippen LogP contribution in [0.2, 0.25) is 0 Å². The van der Waals surface area contributed by atoms with E-state index >= 15 is 0 Å². The first-order chi connectivity index (χ1) is 16.0. The third-order valence-corrected chi connectivity index (χ3v) is 6.13. The monoisotopic (exact) mass is 448 g/mol. The number of rotatable bonds is 6. The Morgan fingerprint density at radius 3 is 2.48 bits per heavy atom. The number of para-hydroxylation sites is 2. The normalized spacial score (nSPS) is 17.8. The summed E-state index contributed by atoms with van der Waals surface area (Å²) in [6, 6.07) is 12.7. The van der Waals surface area contributed by atoms with Crippen LogP contribution < -0.4 is 24.8 Å². The number of carbonyl (C=O) groups excluding carboxylic acids is 2. The fraction of sp³-hybridized carbons (Fsp3) is 0.308. The van der Waals surface area contributed by atoms with E-state index in [0.29, 0.717) is 46.2 Å². The van der Waals surface area contributed by atoms with Crippen LogP contribution >= 0.6 is 0 Å². The van der Waals surface area contributed by atoms with Gasteiger partial charge in [0, 0.05) is 40.6 Å². The Bertz CT molecular complexity index is 1170. The van der Waals surface area contributed by atoms with Gasteiger partial charge in [0.2, 0.25) is 0 Å². The van der Waals surface area contributed by atoms with Crippen LogP contribution in [-0.4, -0.2) is 33.0 Å². The molecular weight excluding hydrogens is 420 g/mol. The lowest BCUT2D eigenvalue weighted by atomic mass is 9.74. The van der Waals surface area contributed by atoms with Gasteiger partial charge in [-0.25, -0.2) is 0 Å². The van der Waals surface area contributed by atoms with Crippen LogP contribution in [0.3, 0.4) is 0 Å². The topological polar surface area (TPSA) is 85.9 Å². The van der Waals surface area contributed by atoms with Crippen molar-refractivity contribution in [3.63, 3.8) is 0 Å². The van der Waals surface area contributed by atoms with Gasteiger partial charge in [-0.15, -0.1) is 0 Å². The zero-order valence-electron chi connectivity index (χ0n) is 19.3. The van der Waals surface area contributed by atoms with E-state index in [0.717, 1.165) is 24.1 Å². The number of methoxy groups -OCH3 is 3. The average Bonchev–Trinajstić information content (AvgIpc) is 2.83. The van der Waals surface area contributed by atoms with E-state index in [-0.39, 0.29) is 11.7 Å². The molecular formula is C26H28N2O5. The van der Waals surface area contributed by atoms with Gasteiger partial charge in [0.05, 0.1) is 32.9 Å². The van der Waals surface area contributed by atoms with E-state index < -0.39 is 5.92 Å². The van der Waals surface area contributed by atoms with Gasteiger partial charge in [-0.3, -0.25) is 9.59 Å². The third-order valence-electron chi connectivity index (χ3n) is 6.13. The van der Waals surface area contributed by atoms with Gasteiger partial charge in [-0.05, 0) is 38.0 Å². The Labute approximate surface area is 193 Å². The Morgan fingerprint density at radius 1 is 1.00 bits per heavy atom. The van der Waals surface area contributed by atoms with Crippen molar-refractivity contribution in [1.82, 2.24) is 5.32 Å². The molecule has 7 nitrogen and oxygen atoms in total. The molecule has 7 heteroatoms. The molecule has 2 aromatic carbocycles. The molecule has 0 saturated carbocycles. The smallest absolute Gasteiger partial charge is 0.254 e. The van der Waals surface area contributed by atoms with Crippen molar-refractivity contribution in [1.29, 1.82) is 0 Å². The van der Waals surface area contributed by atoms with Crippen molar-refractivity contribution in [2.24, 2.45) is 0 Å². The molecule has 1 atom stereocenters. The van der Waals surface area contributed by atoms with Crippen LogP contribution in [0.1, 0.15) is 37.7 Å². The molecule has 0 fully saturated rings. The van der Waals surface area contributed by atoms with Crippen LogP contribution in [0.5, 0.6) is 17.2 Å². The SMILES string of the molecule is COc1ccc(C2C(C(=O)Nc3ccccc3OC)=C(C)NC3=C2C(=O)CCC3)c(OC)c1. The molecule has 2 aliphatic rings. The van der Waals surface area contributed by atoms with Gasteiger partial charge >= 0.3 is 0 Å². The minimum Gasteiger partial charge on any atom is -0.497 e. The van der Waals surface area contributed by atoms with Gasteiger partial charge in [0.1, 0.15) is 17.2 Å². The number of allylic oxidation sites excluding steroid dienone is 3. The van der Waals surface area contributed by atoms with Gasteiger partial charge in [0.25, 0.3) is 5.91 Å². The summed E-state index contributed by atoms with van der Waals surface area (Å²) in [5.74, 6) is 0.917. The van der Waals surface area contributed by atoms with Crippen molar-refractivity contribution < 1.29 is 23.8 Å². The second kappa shape index (κ2) is 9.40. The van der Waals surface area contributed by atoms with Crippen molar-refractivity contribution in [3.05, 3.63) is 70.6 Å². The number of ketones is 1. The van der Waals surface area contributed by atoms with Gasteiger partial charge in [0.15, 0.2) is 5.78 Å². The molecule has 172 valence electrons. The number of hydrogen-bond acceptors (Lipinski definition) is 6. The number of ether oxygens (including phenoxy) is 3. The van der Waals surface area contributed by atoms with E-state index in [1.807, 2.05) is 31.2 Å². The highest BCUT2D eigenvalue weighted by atomic mass is 16.5. The van der Waals surface area contributed by atoms with Crippen LogP contribution in [0.4, 0.5) is 5.69 Å². The highest BCUT2D eigenvalue weighted by Gasteiger charge is 2.40. The lowest BCUT2D eigenvalue weighted by Crippen LogP contribution is -2.35. The quantitative estimate of drug-likeness (QED) is 0.685. The largest absolute Gasteiger partial charge is 0.497 e. The Balaban J connectivity index is 1.84. The van der Waals surface area contributed by atoms with Crippen molar-refractivity contribution in [3.8, 4) is 17.2 Å². The van der Waals surface area contributed by atoms with Crippen LogP contribution in [0.25, 0.3) is 0 Å². The molecule has 0 spiro atoms. The minimum atomic E-state index is -0.565. The Hall–Kier alpha value is -3.74. The molecule has 2 N–H and O–H groups in total. The molecule has 2 aromatic rings. The van der Waals surface area contributed by atoms with Gasteiger partial charge < -0.3 is 24.8 Å². The number of Topliss-reactive ketones (excluding diaryl/α,β-unsaturated/α-hetero) is 1. The van der Waals surface area contributed by atoms with E-state index in [1.165, 1.54) is 0 Å². The fourth-order valence-corrected chi connectivity index (χ4v) is 4.59. The molecule has 4 rings (SSSR count).